The van der Waals surface area contributed by atoms with Crippen molar-refractivity contribution in [2.75, 3.05) is 0 Å². The van der Waals surface area contributed by atoms with Gasteiger partial charge in [-0.2, -0.15) is 0 Å². The topological polar surface area (TPSA) is 17.1 Å². The van der Waals surface area contributed by atoms with E-state index in [4.69, 9.17) is 0 Å². The van der Waals surface area contributed by atoms with Gasteiger partial charge < -0.3 is 0 Å². The highest BCUT2D eigenvalue weighted by Crippen LogP contribution is 2.23. The van der Waals surface area contributed by atoms with Crippen LogP contribution in [0.4, 0.5) is 0 Å². The normalized spacial score (nSPS) is 10.7. The number of benzene rings is 1. The van der Waals surface area contributed by atoms with Gasteiger partial charge in [-0.25, -0.2) is 0 Å². The average molecular weight is 272 g/mol. The Morgan fingerprint density at radius 3 is 2.37 bits per heavy atom. The van der Waals surface area contributed by atoms with E-state index in [0.717, 1.165) is 16.9 Å². The second kappa shape index (κ2) is 6.16. The van der Waals surface area contributed by atoms with Crippen molar-refractivity contribution in [2.24, 2.45) is 0 Å². The molecule has 0 saturated carbocycles. The number of thiophene rings is 1. The number of aryl methyl sites for hydroxylation is 3. The second-order valence-corrected chi connectivity index (χ2v) is 6.24. The lowest BCUT2D eigenvalue weighted by Gasteiger charge is -2.02. The predicted molar refractivity (Wildman–Crippen MR) is 82.3 cm³/mol. The molecule has 1 nitrogen and oxygen atoms in total. The van der Waals surface area contributed by atoms with Crippen LogP contribution in [0.15, 0.2) is 30.3 Å². The lowest BCUT2D eigenvalue weighted by molar-refractivity contribution is 0.104. The Labute approximate surface area is 119 Å². The summed E-state index contributed by atoms with van der Waals surface area (Å²) in [5, 5.41) is 0. The Morgan fingerprint density at radius 1 is 1.16 bits per heavy atom. The standard InChI is InChI=1S/C17H20OS/c1-4-5-6-14-7-9-15(10-8-14)17(18)16-11-12(2)13(3)19-16/h7-11H,4-6H2,1-3H3. The van der Waals surface area contributed by atoms with Crippen molar-refractivity contribution in [2.45, 2.75) is 40.0 Å². The van der Waals surface area contributed by atoms with E-state index in [1.165, 1.54) is 28.8 Å². The Bertz CT molecular complexity index is 544. The van der Waals surface area contributed by atoms with Crippen LogP contribution in [0.1, 0.15) is 51.0 Å². The highest BCUT2D eigenvalue weighted by molar-refractivity contribution is 7.14. The molecule has 2 heteroatoms. The molecule has 0 fully saturated rings. The molecule has 0 spiro atoms. The summed E-state index contributed by atoms with van der Waals surface area (Å²) in [6, 6.07) is 10.1. The first-order chi connectivity index (χ1) is 9.11. The maximum absolute atomic E-state index is 12.3. The number of hydrogen-bond acceptors (Lipinski definition) is 2. The zero-order valence-corrected chi connectivity index (χ0v) is 12.6. The molecule has 0 aliphatic heterocycles. The van der Waals surface area contributed by atoms with Gasteiger partial charge in [0.25, 0.3) is 0 Å². The van der Waals surface area contributed by atoms with E-state index >= 15 is 0 Å². The summed E-state index contributed by atoms with van der Waals surface area (Å²) in [5.74, 6) is 0.142. The molecule has 2 rings (SSSR count). The number of hydrogen-bond donors (Lipinski definition) is 0. The van der Waals surface area contributed by atoms with E-state index in [1.54, 1.807) is 11.3 Å². The smallest absolute Gasteiger partial charge is 0.202 e. The van der Waals surface area contributed by atoms with Gasteiger partial charge in [0.15, 0.2) is 0 Å². The number of unbranched alkanes of at least 4 members (excludes halogenated alkanes) is 1. The van der Waals surface area contributed by atoms with Gasteiger partial charge in [0.1, 0.15) is 0 Å². The quantitative estimate of drug-likeness (QED) is 0.705. The fraction of sp³-hybridized carbons (Fsp3) is 0.353. The molecule has 100 valence electrons. The molecule has 0 unspecified atom stereocenters. The first kappa shape index (κ1) is 14.0. The molecule has 2 aromatic rings. The fourth-order valence-electron chi connectivity index (χ4n) is 2.03. The SMILES string of the molecule is CCCCc1ccc(C(=O)c2cc(C)c(C)s2)cc1. The van der Waals surface area contributed by atoms with Gasteiger partial charge >= 0.3 is 0 Å². The zero-order chi connectivity index (χ0) is 13.8. The number of rotatable bonds is 5. The summed E-state index contributed by atoms with van der Waals surface area (Å²) >= 11 is 1.59. The van der Waals surface area contributed by atoms with Gasteiger partial charge in [-0.05, 0) is 43.9 Å². The van der Waals surface area contributed by atoms with Gasteiger partial charge in [0, 0.05) is 10.4 Å². The van der Waals surface area contributed by atoms with Gasteiger partial charge in [-0.3, -0.25) is 4.79 Å². The van der Waals surface area contributed by atoms with E-state index in [2.05, 4.69) is 32.9 Å². The number of carbonyl (C=O) groups excluding carboxylic acids is 1. The molecule has 0 amide bonds. The van der Waals surface area contributed by atoms with Crippen LogP contribution in [0.5, 0.6) is 0 Å². The van der Waals surface area contributed by atoms with Crippen LogP contribution >= 0.6 is 11.3 Å². The second-order valence-electron chi connectivity index (χ2n) is 4.98. The van der Waals surface area contributed by atoms with E-state index in [9.17, 15) is 4.79 Å². The van der Waals surface area contributed by atoms with Crippen molar-refractivity contribution in [3.05, 3.63) is 56.8 Å². The Hall–Kier alpha value is -1.41. The fourth-order valence-corrected chi connectivity index (χ4v) is 3.03. The third kappa shape index (κ3) is 3.32. The summed E-state index contributed by atoms with van der Waals surface area (Å²) in [4.78, 5) is 14.4. The molecule has 0 aliphatic carbocycles. The van der Waals surface area contributed by atoms with Gasteiger partial charge in [0.2, 0.25) is 5.78 Å². The molecule has 19 heavy (non-hydrogen) atoms. The van der Waals surface area contributed by atoms with Crippen LogP contribution in [0.25, 0.3) is 0 Å². The minimum Gasteiger partial charge on any atom is -0.288 e. The number of ketones is 1. The highest BCUT2D eigenvalue weighted by atomic mass is 32.1. The highest BCUT2D eigenvalue weighted by Gasteiger charge is 2.12. The molecule has 0 N–H and O–H groups in total. The Morgan fingerprint density at radius 2 is 1.84 bits per heavy atom. The summed E-state index contributed by atoms with van der Waals surface area (Å²) in [7, 11) is 0. The Kier molecular flexibility index (Phi) is 4.54. The molecular formula is C17H20OS. The third-order valence-corrected chi connectivity index (χ3v) is 4.58. The maximum atomic E-state index is 12.3. The average Bonchev–Trinajstić information content (AvgIpc) is 2.76. The molecule has 0 bridgehead atoms. The predicted octanol–water partition coefficient (Wildman–Crippen LogP) is 4.94. The van der Waals surface area contributed by atoms with Gasteiger partial charge in [-0.15, -0.1) is 11.3 Å². The van der Waals surface area contributed by atoms with E-state index in [-0.39, 0.29) is 5.78 Å². The van der Waals surface area contributed by atoms with E-state index in [1.807, 2.05) is 18.2 Å². The molecule has 0 saturated heterocycles. The van der Waals surface area contributed by atoms with Crippen LogP contribution in [-0.4, -0.2) is 5.78 Å². The molecule has 0 aliphatic rings. The van der Waals surface area contributed by atoms with Gasteiger partial charge in [0.05, 0.1) is 4.88 Å². The Balaban J connectivity index is 2.15. The van der Waals surface area contributed by atoms with Crippen LogP contribution in [0.3, 0.4) is 0 Å². The van der Waals surface area contributed by atoms with Crippen molar-refractivity contribution >= 4 is 17.1 Å². The van der Waals surface area contributed by atoms with Crippen molar-refractivity contribution in [3.63, 3.8) is 0 Å². The van der Waals surface area contributed by atoms with Crippen LogP contribution in [0, 0.1) is 13.8 Å². The lowest BCUT2D eigenvalue weighted by Crippen LogP contribution is -1.98. The zero-order valence-electron chi connectivity index (χ0n) is 11.8. The lowest BCUT2D eigenvalue weighted by atomic mass is 10.0. The van der Waals surface area contributed by atoms with Gasteiger partial charge in [-0.1, -0.05) is 37.6 Å². The number of carbonyl (C=O) groups is 1. The molecule has 1 heterocycles. The molecule has 1 aromatic heterocycles. The van der Waals surface area contributed by atoms with Crippen LogP contribution in [0.2, 0.25) is 0 Å². The van der Waals surface area contributed by atoms with E-state index in [0.29, 0.717) is 0 Å². The van der Waals surface area contributed by atoms with Crippen molar-refractivity contribution in [3.8, 4) is 0 Å². The van der Waals surface area contributed by atoms with Crippen molar-refractivity contribution < 1.29 is 4.79 Å². The molecule has 0 atom stereocenters. The summed E-state index contributed by atoms with van der Waals surface area (Å²) < 4.78 is 0. The third-order valence-electron chi connectivity index (χ3n) is 3.42. The molecular weight excluding hydrogens is 252 g/mol. The van der Waals surface area contributed by atoms with E-state index < -0.39 is 0 Å². The summed E-state index contributed by atoms with van der Waals surface area (Å²) in [6.07, 6.45) is 3.51. The summed E-state index contributed by atoms with van der Waals surface area (Å²) in [6.45, 7) is 6.31. The largest absolute Gasteiger partial charge is 0.288 e. The minimum absolute atomic E-state index is 0.142. The van der Waals surface area contributed by atoms with Crippen molar-refractivity contribution in [1.29, 1.82) is 0 Å². The first-order valence-electron chi connectivity index (χ1n) is 6.82. The molecule has 0 radical (unpaired) electrons. The molecule has 1 aromatic carbocycles. The maximum Gasteiger partial charge on any atom is 0.202 e. The first-order valence-corrected chi connectivity index (χ1v) is 7.64. The monoisotopic (exact) mass is 272 g/mol. The summed E-state index contributed by atoms with van der Waals surface area (Å²) in [5.41, 5.74) is 3.31. The van der Waals surface area contributed by atoms with Crippen molar-refractivity contribution in [1.82, 2.24) is 0 Å². The van der Waals surface area contributed by atoms with Crippen LogP contribution in [-0.2, 0) is 6.42 Å². The minimum atomic E-state index is 0.142. The van der Waals surface area contributed by atoms with Crippen LogP contribution < -0.4 is 0 Å².